The number of rotatable bonds is 6. The van der Waals surface area contributed by atoms with Gasteiger partial charge < -0.3 is 10.2 Å². The Bertz CT molecular complexity index is 565. The average molecular weight is 353 g/mol. The third-order valence-corrected chi connectivity index (χ3v) is 4.93. The SMILES string of the molecule is CCNCc1ccc(N(C)Cc2csc(Br)c2)cc1C. The van der Waals surface area contributed by atoms with E-state index < -0.39 is 0 Å². The Morgan fingerprint density at radius 2 is 2.10 bits per heavy atom. The van der Waals surface area contributed by atoms with E-state index in [1.165, 1.54) is 26.2 Å². The molecule has 0 aliphatic carbocycles. The zero-order valence-electron chi connectivity index (χ0n) is 12.2. The third-order valence-electron chi connectivity index (χ3n) is 3.37. The van der Waals surface area contributed by atoms with Crippen LogP contribution in [-0.2, 0) is 13.1 Å². The molecule has 4 heteroatoms. The van der Waals surface area contributed by atoms with Crippen LogP contribution in [0.4, 0.5) is 5.69 Å². The molecule has 1 heterocycles. The lowest BCUT2D eigenvalue weighted by Crippen LogP contribution is -2.17. The molecule has 0 unspecified atom stereocenters. The first-order chi connectivity index (χ1) is 9.60. The molecule has 0 amide bonds. The maximum absolute atomic E-state index is 3.52. The predicted octanol–water partition coefficient (Wildman–Crippen LogP) is 4.56. The topological polar surface area (TPSA) is 15.3 Å². The first kappa shape index (κ1) is 15.5. The van der Waals surface area contributed by atoms with Crippen LogP contribution in [0.3, 0.4) is 0 Å². The molecule has 0 fully saturated rings. The van der Waals surface area contributed by atoms with Crippen LogP contribution in [0.5, 0.6) is 0 Å². The number of anilines is 1. The Morgan fingerprint density at radius 3 is 2.70 bits per heavy atom. The van der Waals surface area contributed by atoms with Crippen LogP contribution >= 0.6 is 27.3 Å². The molecule has 0 atom stereocenters. The molecule has 0 bridgehead atoms. The van der Waals surface area contributed by atoms with Crippen LogP contribution < -0.4 is 10.2 Å². The molecule has 1 aromatic carbocycles. The van der Waals surface area contributed by atoms with Gasteiger partial charge in [0.2, 0.25) is 0 Å². The maximum Gasteiger partial charge on any atom is 0.0701 e. The number of nitrogens with one attached hydrogen (secondary N) is 1. The molecule has 0 spiro atoms. The quantitative estimate of drug-likeness (QED) is 0.819. The Morgan fingerprint density at radius 1 is 1.30 bits per heavy atom. The molecular weight excluding hydrogens is 332 g/mol. The van der Waals surface area contributed by atoms with Gasteiger partial charge in [0, 0.05) is 25.8 Å². The highest BCUT2D eigenvalue weighted by atomic mass is 79.9. The van der Waals surface area contributed by atoms with Gasteiger partial charge in [-0.2, -0.15) is 0 Å². The van der Waals surface area contributed by atoms with Crippen molar-refractivity contribution in [3.8, 4) is 0 Å². The molecule has 2 nitrogen and oxygen atoms in total. The van der Waals surface area contributed by atoms with E-state index in [1.54, 1.807) is 11.3 Å². The monoisotopic (exact) mass is 352 g/mol. The largest absolute Gasteiger partial charge is 0.370 e. The molecule has 0 aliphatic heterocycles. The van der Waals surface area contributed by atoms with Gasteiger partial charge >= 0.3 is 0 Å². The lowest BCUT2D eigenvalue weighted by atomic mass is 10.1. The minimum Gasteiger partial charge on any atom is -0.370 e. The van der Waals surface area contributed by atoms with Crippen molar-refractivity contribution in [3.05, 3.63) is 50.1 Å². The highest BCUT2D eigenvalue weighted by molar-refractivity contribution is 9.11. The van der Waals surface area contributed by atoms with E-state index in [-0.39, 0.29) is 0 Å². The van der Waals surface area contributed by atoms with Crippen molar-refractivity contribution < 1.29 is 0 Å². The fraction of sp³-hybridized carbons (Fsp3) is 0.375. The maximum atomic E-state index is 3.52. The first-order valence-electron chi connectivity index (χ1n) is 6.84. The van der Waals surface area contributed by atoms with Gasteiger partial charge in [0.25, 0.3) is 0 Å². The van der Waals surface area contributed by atoms with Crippen molar-refractivity contribution in [2.24, 2.45) is 0 Å². The molecule has 2 rings (SSSR count). The van der Waals surface area contributed by atoms with E-state index in [2.05, 4.69) is 76.7 Å². The molecule has 108 valence electrons. The van der Waals surface area contributed by atoms with Crippen LogP contribution in [0.2, 0.25) is 0 Å². The van der Waals surface area contributed by atoms with Gasteiger partial charge in [-0.1, -0.05) is 13.0 Å². The summed E-state index contributed by atoms with van der Waals surface area (Å²) < 4.78 is 1.19. The summed E-state index contributed by atoms with van der Waals surface area (Å²) in [5.41, 5.74) is 5.34. The van der Waals surface area contributed by atoms with Gasteiger partial charge in [-0.15, -0.1) is 11.3 Å². The van der Waals surface area contributed by atoms with Gasteiger partial charge in [-0.05, 0) is 69.7 Å². The van der Waals surface area contributed by atoms with E-state index in [9.17, 15) is 0 Å². The Balaban J connectivity index is 2.06. The van der Waals surface area contributed by atoms with Crippen LogP contribution in [0.15, 0.2) is 33.4 Å². The molecule has 2 aromatic rings. The van der Waals surface area contributed by atoms with Crippen LogP contribution in [0.25, 0.3) is 0 Å². The van der Waals surface area contributed by atoms with Crippen LogP contribution in [0.1, 0.15) is 23.6 Å². The molecule has 0 radical (unpaired) electrons. The number of hydrogen-bond acceptors (Lipinski definition) is 3. The van der Waals surface area contributed by atoms with Crippen molar-refractivity contribution in [2.75, 3.05) is 18.5 Å². The fourth-order valence-corrected chi connectivity index (χ4v) is 3.37. The van der Waals surface area contributed by atoms with E-state index >= 15 is 0 Å². The summed E-state index contributed by atoms with van der Waals surface area (Å²) in [5, 5.41) is 5.58. The Kier molecular flexibility index (Phi) is 5.64. The first-order valence-corrected chi connectivity index (χ1v) is 8.51. The van der Waals surface area contributed by atoms with Gasteiger partial charge in [-0.25, -0.2) is 0 Å². The van der Waals surface area contributed by atoms with Gasteiger partial charge in [-0.3, -0.25) is 0 Å². The number of hydrogen-bond donors (Lipinski definition) is 1. The van der Waals surface area contributed by atoms with Gasteiger partial charge in [0.1, 0.15) is 0 Å². The summed E-state index contributed by atoms with van der Waals surface area (Å²) in [7, 11) is 2.14. The molecular formula is C16H21BrN2S. The number of nitrogens with zero attached hydrogens (tertiary/aromatic N) is 1. The third kappa shape index (κ3) is 4.08. The number of halogens is 1. The predicted molar refractivity (Wildman–Crippen MR) is 92.7 cm³/mol. The second kappa shape index (κ2) is 7.25. The molecule has 0 saturated heterocycles. The van der Waals surface area contributed by atoms with Crippen molar-refractivity contribution in [1.29, 1.82) is 0 Å². The molecule has 1 N–H and O–H groups in total. The summed E-state index contributed by atoms with van der Waals surface area (Å²) in [6.07, 6.45) is 0. The second-order valence-electron chi connectivity index (χ2n) is 5.01. The van der Waals surface area contributed by atoms with E-state index in [4.69, 9.17) is 0 Å². The summed E-state index contributed by atoms with van der Waals surface area (Å²) in [6.45, 7) is 7.22. The molecule has 0 aliphatic rings. The Labute approximate surface area is 133 Å². The van der Waals surface area contributed by atoms with Crippen LogP contribution in [-0.4, -0.2) is 13.6 Å². The molecule has 1 aromatic heterocycles. The smallest absolute Gasteiger partial charge is 0.0701 e. The summed E-state index contributed by atoms with van der Waals surface area (Å²) in [5.74, 6) is 0. The minimum atomic E-state index is 0.939. The highest BCUT2D eigenvalue weighted by Crippen LogP contribution is 2.24. The fourth-order valence-electron chi connectivity index (χ4n) is 2.17. The molecule has 0 saturated carbocycles. The minimum absolute atomic E-state index is 0.939. The zero-order chi connectivity index (χ0) is 14.5. The summed E-state index contributed by atoms with van der Waals surface area (Å²) >= 11 is 5.25. The summed E-state index contributed by atoms with van der Waals surface area (Å²) in [4.78, 5) is 2.29. The zero-order valence-corrected chi connectivity index (χ0v) is 14.6. The average Bonchev–Trinajstić information content (AvgIpc) is 2.82. The van der Waals surface area contributed by atoms with E-state index in [0.29, 0.717) is 0 Å². The highest BCUT2D eigenvalue weighted by Gasteiger charge is 2.06. The lowest BCUT2D eigenvalue weighted by Gasteiger charge is -2.20. The number of aryl methyl sites for hydroxylation is 1. The van der Waals surface area contributed by atoms with Crippen LogP contribution in [0, 0.1) is 6.92 Å². The van der Waals surface area contributed by atoms with Crippen molar-refractivity contribution in [1.82, 2.24) is 5.32 Å². The normalized spacial score (nSPS) is 10.8. The van der Waals surface area contributed by atoms with Gasteiger partial charge in [0.15, 0.2) is 0 Å². The van der Waals surface area contributed by atoms with Crippen molar-refractivity contribution in [3.63, 3.8) is 0 Å². The standard InChI is InChI=1S/C16H21BrN2S/c1-4-18-9-14-5-6-15(7-12(14)2)19(3)10-13-8-16(17)20-11-13/h5-8,11,18H,4,9-10H2,1-3H3. The number of benzene rings is 1. The lowest BCUT2D eigenvalue weighted by molar-refractivity contribution is 0.723. The molecule has 20 heavy (non-hydrogen) atoms. The second-order valence-corrected chi connectivity index (χ2v) is 7.30. The Hall–Kier alpha value is -0.840. The van der Waals surface area contributed by atoms with Crippen molar-refractivity contribution >= 4 is 33.0 Å². The van der Waals surface area contributed by atoms with E-state index in [1.807, 2.05) is 0 Å². The van der Waals surface area contributed by atoms with Crippen molar-refractivity contribution in [2.45, 2.75) is 26.9 Å². The van der Waals surface area contributed by atoms with Gasteiger partial charge in [0.05, 0.1) is 3.79 Å². The number of thiophene rings is 1. The van der Waals surface area contributed by atoms with E-state index in [0.717, 1.165) is 19.6 Å². The summed E-state index contributed by atoms with van der Waals surface area (Å²) in [6, 6.07) is 8.90.